The molecule has 2 rings (SSSR count). The molecule has 0 fully saturated rings. The van der Waals surface area contributed by atoms with Gasteiger partial charge in [0.05, 0.1) is 13.3 Å². The lowest BCUT2D eigenvalue weighted by Crippen LogP contribution is -2.23. The van der Waals surface area contributed by atoms with Crippen LogP contribution in [0, 0.1) is 6.92 Å². The molecule has 1 heterocycles. The zero-order chi connectivity index (χ0) is 13.0. The van der Waals surface area contributed by atoms with Crippen LogP contribution in [-0.4, -0.2) is 23.0 Å². The number of rotatable bonds is 4. The summed E-state index contributed by atoms with van der Waals surface area (Å²) in [5.74, 6) is 1.30. The summed E-state index contributed by atoms with van der Waals surface area (Å²) >= 11 is 0. The largest absolute Gasteiger partial charge is 0.496 e. The number of amides is 1. The summed E-state index contributed by atoms with van der Waals surface area (Å²) in [6.07, 6.45) is 1.52. The van der Waals surface area contributed by atoms with E-state index >= 15 is 0 Å². The number of hydrogen-bond acceptors (Lipinski definition) is 3. The molecule has 0 saturated carbocycles. The maximum atomic E-state index is 11.8. The molecule has 5 heteroatoms. The van der Waals surface area contributed by atoms with E-state index in [1.54, 1.807) is 14.0 Å². The normalized spacial score (nSPS) is 10.1. The smallest absolute Gasteiger partial charge is 0.269 e. The van der Waals surface area contributed by atoms with Crippen molar-refractivity contribution in [2.24, 2.45) is 0 Å². The van der Waals surface area contributed by atoms with Crippen molar-refractivity contribution in [3.63, 3.8) is 0 Å². The SMILES string of the molecule is COc1ccccc1CNC(=O)c1cnc(C)[nH]1. The molecule has 0 radical (unpaired) electrons. The zero-order valence-corrected chi connectivity index (χ0v) is 10.4. The number of H-pyrrole nitrogens is 1. The number of nitrogens with one attached hydrogen (secondary N) is 2. The molecule has 5 nitrogen and oxygen atoms in total. The van der Waals surface area contributed by atoms with Gasteiger partial charge in [-0.3, -0.25) is 4.79 Å². The van der Waals surface area contributed by atoms with E-state index in [1.807, 2.05) is 24.3 Å². The van der Waals surface area contributed by atoms with Gasteiger partial charge in [-0.05, 0) is 13.0 Å². The van der Waals surface area contributed by atoms with Gasteiger partial charge in [-0.1, -0.05) is 18.2 Å². The molecular formula is C13H15N3O2. The summed E-state index contributed by atoms with van der Waals surface area (Å²) in [6, 6.07) is 7.58. The first-order chi connectivity index (χ1) is 8.70. The molecule has 0 spiro atoms. The van der Waals surface area contributed by atoms with Crippen molar-refractivity contribution in [2.75, 3.05) is 7.11 Å². The molecule has 1 amide bonds. The van der Waals surface area contributed by atoms with E-state index in [2.05, 4.69) is 15.3 Å². The van der Waals surface area contributed by atoms with Gasteiger partial charge < -0.3 is 15.0 Å². The summed E-state index contributed by atoms with van der Waals surface area (Å²) in [6.45, 7) is 2.22. The summed E-state index contributed by atoms with van der Waals surface area (Å²) in [7, 11) is 1.61. The Morgan fingerprint density at radius 2 is 2.22 bits per heavy atom. The van der Waals surface area contributed by atoms with Crippen molar-refractivity contribution in [1.82, 2.24) is 15.3 Å². The van der Waals surface area contributed by atoms with Crippen LogP contribution in [0.1, 0.15) is 21.9 Å². The van der Waals surface area contributed by atoms with Crippen LogP contribution in [0.4, 0.5) is 0 Å². The van der Waals surface area contributed by atoms with Gasteiger partial charge in [0.1, 0.15) is 17.3 Å². The van der Waals surface area contributed by atoms with Crippen molar-refractivity contribution >= 4 is 5.91 Å². The van der Waals surface area contributed by atoms with Gasteiger partial charge in [0.25, 0.3) is 5.91 Å². The number of ether oxygens (including phenoxy) is 1. The molecule has 0 bridgehead atoms. The van der Waals surface area contributed by atoms with Crippen molar-refractivity contribution in [3.8, 4) is 5.75 Å². The van der Waals surface area contributed by atoms with Crippen molar-refractivity contribution in [3.05, 3.63) is 47.5 Å². The van der Waals surface area contributed by atoms with Crippen molar-refractivity contribution < 1.29 is 9.53 Å². The summed E-state index contributed by atoms with van der Waals surface area (Å²) in [5, 5.41) is 2.81. The maximum Gasteiger partial charge on any atom is 0.269 e. The van der Waals surface area contributed by atoms with Gasteiger partial charge in [-0.15, -0.1) is 0 Å². The Kier molecular flexibility index (Phi) is 3.62. The number of aromatic nitrogens is 2. The number of imidazole rings is 1. The minimum absolute atomic E-state index is 0.179. The van der Waals surface area contributed by atoms with Gasteiger partial charge in [0, 0.05) is 12.1 Å². The van der Waals surface area contributed by atoms with Crippen LogP contribution in [0.15, 0.2) is 30.5 Å². The second-order valence-electron chi connectivity index (χ2n) is 3.88. The average molecular weight is 245 g/mol. The molecule has 0 atom stereocenters. The molecule has 0 aliphatic heterocycles. The Labute approximate surface area is 105 Å². The van der Waals surface area contributed by atoms with Gasteiger partial charge in [0.2, 0.25) is 0 Å². The second kappa shape index (κ2) is 5.35. The van der Waals surface area contributed by atoms with E-state index in [1.165, 1.54) is 6.20 Å². The Bertz CT molecular complexity index is 549. The molecule has 0 unspecified atom stereocenters. The molecule has 1 aromatic heterocycles. The maximum absolute atomic E-state index is 11.8. The van der Waals surface area contributed by atoms with Crippen LogP contribution in [0.25, 0.3) is 0 Å². The molecule has 0 aliphatic carbocycles. The second-order valence-corrected chi connectivity index (χ2v) is 3.88. The van der Waals surface area contributed by atoms with E-state index in [0.717, 1.165) is 17.1 Å². The summed E-state index contributed by atoms with van der Waals surface area (Å²) in [5.41, 5.74) is 1.40. The standard InChI is InChI=1S/C13H15N3O2/c1-9-14-8-11(16-9)13(17)15-7-10-5-3-4-6-12(10)18-2/h3-6,8H,7H2,1-2H3,(H,14,16)(H,15,17). The number of aromatic amines is 1. The van der Waals surface area contributed by atoms with Crippen LogP contribution in [0.5, 0.6) is 5.75 Å². The molecule has 18 heavy (non-hydrogen) atoms. The minimum Gasteiger partial charge on any atom is -0.496 e. The quantitative estimate of drug-likeness (QED) is 0.860. The highest BCUT2D eigenvalue weighted by molar-refractivity contribution is 5.92. The lowest BCUT2D eigenvalue weighted by Gasteiger charge is -2.08. The highest BCUT2D eigenvalue weighted by Crippen LogP contribution is 2.16. The van der Waals surface area contributed by atoms with Gasteiger partial charge in [0.15, 0.2) is 0 Å². The van der Waals surface area contributed by atoms with Crippen LogP contribution in [0.3, 0.4) is 0 Å². The number of methoxy groups -OCH3 is 1. The summed E-state index contributed by atoms with van der Waals surface area (Å²) < 4.78 is 5.22. The van der Waals surface area contributed by atoms with E-state index in [9.17, 15) is 4.79 Å². The highest BCUT2D eigenvalue weighted by Gasteiger charge is 2.09. The Hall–Kier alpha value is -2.30. The van der Waals surface area contributed by atoms with Crippen LogP contribution in [0.2, 0.25) is 0 Å². The number of para-hydroxylation sites is 1. The number of hydrogen-bond donors (Lipinski definition) is 2. The molecule has 2 N–H and O–H groups in total. The average Bonchev–Trinajstić information content (AvgIpc) is 2.83. The first kappa shape index (κ1) is 12.2. The fourth-order valence-electron chi connectivity index (χ4n) is 1.66. The molecule has 0 saturated heterocycles. The van der Waals surface area contributed by atoms with Crippen LogP contribution in [-0.2, 0) is 6.54 Å². The molecular weight excluding hydrogens is 230 g/mol. The Morgan fingerprint density at radius 1 is 1.44 bits per heavy atom. The Morgan fingerprint density at radius 3 is 2.89 bits per heavy atom. The number of benzene rings is 1. The third-order valence-corrected chi connectivity index (χ3v) is 2.58. The van der Waals surface area contributed by atoms with E-state index in [0.29, 0.717) is 12.2 Å². The van der Waals surface area contributed by atoms with Gasteiger partial charge in [-0.2, -0.15) is 0 Å². The van der Waals surface area contributed by atoms with Crippen LogP contribution < -0.4 is 10.1 Å². The molecule has 0 aliphatic rings. The van der Waals surface area contributed by atoms with Crippen molar-refractivity contribution in [1.29, 1.82) is 0 Å². The fraction of sp³-hybridized carbons (Fsp3) is 0.231. The van der Waals surface area contributed by atoms with Gasteiger partial charge >= 0.3 is 0 Å². The number of aryl methyl sites for hydroxylation is 1. The molecule has 2 aromatic rings. The monoisotopic (exact) mass is 245 g/mol. The van der Waals surface area contributed by atoms with Crippen LogP contribution >= 0.6 is 0 Å². The topological polar surface area (TPSA) is 67.0 Å². The van der Waals surface area contributed by atoms with Gasteiger partial charge in [-0.25, -0.2) is 4.98 Å². The predicted molar refractivity (Wildman–Crippen MR) is 67.5 cm³/mol. The third kappa shape index (κ3) is 2.68. The first-order valence-electron chi connectivity index (χ1n) is 5.62. The van der Waals surface area contributed by atoms with Crippen molar-refractivity contribution in [2.45, 2.75) is 13.5 Å². The Balaban J connectivity index is 2.01. The number of nitrogens with zero attached hydrogens (tertiary/aromatic N) is 1. The van der Waals surface area contributed by atoms with E-state index < -0.39 is 0 Å². The predicted octanol–water partition coefficient (Wildman–Crippen LogP) is 1.66. The summed E-state index contributed by atoms with van der Waals surface area (Å²) in [4.78, 5) is 18.7. The molecule has 1 aromatic carbocycles. The van der Waals surface area contributed by atoms with E-state index in [4.69, 9.17) is 4.74 Å². The first-order valence-corrected chi connectivity index (χ1v) is 5.62. The lowest BCUT2D eigenvalue weighted by atomic mass is 10.2. The van der Waals surface area contributed by atoms with E-state index in [-0.39, 0.29) is 5.91 Å². The third-order valence-electron chi connectivity index (χ3n) is 2.58. The fourth-order valence-corrected chi connectivity index (χ4v) is 1.66. The zero-order valence-electron chi connectivity index (χ0n) is 10.4. The number of carbonyl (C=O) groups is 1. The molecule has 94 valence electrons. The minimum atomic E-state index is -0.179. The highest BCUT2D eigenvalue weighted by atomic mass is 16.5. The lowest BCUT2D eigenvalue weighted by molar-refractivity contribution is 0.0946. The number of carbonyl (C=O) groups excluding carboxylic acids is 1.